The summed E-state index contributed by atoms with van der Waals surface area (Å²) >= 11 is 0. The Bertz CT molecular complexity index is 1060. The van der Waals surface area contributed by atoms with E-state index in [4.69, 9.17) is 9.47 Å². The molecule has 1 aromatic rings. The predicted octanol–water partition coefficient (Wildman–Crippen LogP) is 0.0845. The molecule has 2 saturated heterocycles. The van der Waals surface area contributed by atoms with E-state index in [0.717, 1.165) is 18.4 Å². The van der Waals surface area contributed by atoms with Crippen molar-refractivity contribution < 1.29 is 36.3 Å². The highest BCUT2D eigenvalue weighted by molar-refractivity contribution is 7.88. The maximum Gasteiger partial charge on any atom is 0.248 e. The van der Waals surface area contributed by atoms with E-state index >= 15 is 0 Å². The molecular formula is C22H32F2N4O6S. The first-order valence-corrected chi connectivity index (χ1v) is 13.1. The van der Waals surface area contributed by atoms with E-state index < -0.39 is 69.8 Å². The van der Waals surface area contributed by atoms with Crippen molar-refractivity contribution in [3.63, 3.8) is 0 Å². The molecule has 0 saturated carbocycles. The zero-order valence-electron chi connectivity index (χ0n) is 20.3. The molecule has 196 valence electrons. The molecule has 0 radical (unpaired) electrons. The minimum absolute atomic E-state index is 0.0141. The molecule has 0 aliphatic carbocycles. The molecule has 35 heavy (non-hydrogen) atoms. The van der Waals surface area contributed by atoms with Gasteiger partial charge in [-0.05, 0) is 39.4 Å². The van der Waals surface area contributed by atoms with Gasteiger partial charge in [0.1, 0.15) is 17.9 Å². The Hall–Kier alpha value is -2.35. The molecule has 0 spiro atoms. The summed E-state index contributed by atoms with van der Waals surface area (Å²) in [6, 6.07) is 0.190. The number of hydrogen-bond acceptors (Lipinski definition) is 7. The topological polar surface area (TPSA) is 117 Å². The van der Waals surface area contributed by atoms with Crippen LogP contribution in [0, 0.1) is 11.6 Å². The first-order chi connectivity index (χ1) is 16.4. The average Bonchev–Trinajstić information content (AvgIpc) is 3.39. The zero-order chi connectivity index (χ0) is 26.1. The molecule has 2 heterocycles. The van der Waals surface area contributed by atoms with E-state index in [1.54, 1.807) is 20.9 Å². The van der Waals surface area contributed by atoms with Crippen molar-refractivity contribution in [2.45, 2.75) is 56.6 Å². The fourth-order valence-electron chi connectivity index (χ4n) is 4.56. The minimum atomic E-state index is -3.64. The highest BCUT2D eigenvalue weighted by Gasteiger charge is 2.55. The van der Waals surface area contributed by atoms with Crippen molar-refractivity contribution in [1.29, 1.82) is 0 Å². The molecule has 2 aliphatic heterocycles. The molecule has 13 heteroatoms. The Morgan fingerprint density at radius 3 is 2.46 bits per heavy atom. The normalized spacial score (nSPS) is 25.1. The van der Waals surface area contributed by atoms with Crippen LogP contribution in [0.5, 0.6) is 5.75 Å². The van der Waals surface area contributed by atoms with Crippen LogP contribution in [-0.2, 0) is 24.3 Å². The van der Waals surface area contributed by atoms with Crippen LogP contribution in [0.25, 0.3) is 0 Å². The van der Waals surface area contributed by atoms with Crippen molar-refractivity contribution >= 4 is 21.8 Å². The van der Waals surface area contributed by atoms with Gasteiger partial charge in [0, 0.05) is 19.7 Å². The van der Waals surface area contributed by atoms with Gasteiger partial charge in [0.05, 0.1) is 37.0 Å². The number of sulfonamides is 1. The second-order valence-corrected chi connectivity index (χ2v) is 10.8. The number of nitrogens with one attached hydrogen (secondary N) is 2. The number of amides is 2. The quantitative estimate of drug-likeness (QED) is 0.476. The lowest BCUT2D eigenvalue weighted by Crippen LogP contribution is -2.59. The highest BCUT2D eigenvalue weighted by atomic mass is 32.2. The summed E-state index contributed by atoms with van der Waals surface area (Å²) in [6.07, 6.45) is -0.0799. The molecule has 2 aliphatic rings. The fraction of sp³-hybridized carbons (Fsp3) is 0.636. The maximum atomic E-state index is 13.8. The maximum absolute atomic E-state index is 13.8. The number of rotatable bonds is 9. The Balaban J connectivity index is 1.91. The lowest BCUT2D eigenvalue weighted by atomic mass is 10.1. The van der Waals surface area contributed by atoms with Gasteiger partial charge in [-0.25, -0.2) is 17.2 Å². The number of likely N-dealkylation sites (tertiary alicyclic amines) is 1. The summed E-state index contributed by atoms with van der Waals surface area (Å²) in [5.41, 5.74) is 0. The Morgan fingerprint density at radius 2 is 1.89 bits per heavy atom. The first kappa shape index (κ1) is 27.2. The predicted molar refractivity (Wildman–Crippen MR) is 123 cm³/mol. The van der Waals surface area contributed by atoms with Crippen LogP contribution in [0.15, 0.2) is 18.2 Å². The van der Waals surface area contributed by atoms with Gasteiger partial charge in [-0.15, -0.1) is 0 Å². The van der Waals surface area contributed by atoms with Gasteiger partial charge in [-0.1, -0.05) is 0 Å². The van der Waals surface area contributed by atoms with E-state index in [1.807, 2.05) is 0 Å². The number of carbonyl (C=O) groups is 2. The van der Waals surface area contributed by atoms with E-state index in [0.29, 0.717) is 6.42 Å². The Labute approximate surface area is 204 Å². The SMILES string of the molecule is CN[C@@H](C)C(=O)N[C@H](C(=O)N1CC[C@@H]2[C@H]1[C@@H](Oc1ccc(F)c(F)c1)CN2S(C)(=O)=O)C(C)OC. The number of nitrogens with zero attached hydrogens (tertiary/aromatic N) is 2. The van der Waals surface area contributed by atoms with Gasteiger partial charge in [0.25, 0.3) is 0 Å². The van der Waals surface area contributed by atoms with Crippen molar-refractivity contribution in [1.82, 2.24) is 19.8 Å². The van der Waals surface area contributed by atoms with Gasteiger partial charge in [0.2, 0.25) is 21.8 Å². The lowest BCUT2D eigenvalue weighted by molar-refractivity contribution is -0.142. The van der Waals surface area contributed by atoms with Crippen LogP contribution in [0.3, 0.4) is 0 Å². The Morgan fingerprint density at radius 1 is 1.20 bits per heavy atom. The van der Waals surface area contributed by atoms with Crippen LogP contribution >= 0.6 is 0 Å². The van der Waals surface area contributed by atoms with E-state index in [2.05, 4.69) is 10.6 Å². The summed E-state index contributed by atoms with van der Waals surface area (Å²) in [5, 5.41) is 5.52. The molecule has 2 amide bonds. The molecule has 1 unspecified atom stereocenters. The smallest absolute Gasteiger partial charge is 0.248 e. The summed E-state index contributed by atoms with van der Waals surface area (Å²) in [5.74, 6) is -2.98. The molecule has 10 nitrogen and oxygen atoms in total. The number of methoxy groups -OCH3 is 1. The second-order valence-electron chi connectivity index (χ2n) is 8.88. The van der Waals surface area contributed by atoms with E-state index in [1.165, 1.54) is 22.4 Å². The van der Waals surface area contributed by atoms with Gasteiger partial charge < -0.3 is 25.0 Å². The molecule has 1 aromatic carbocycles. The summed E-state index contributed by atoms with van der Waals surface area (Å²) in [6.45, 7) is 3.45. The number of ether oxygens (including phenoxy) is 2. The molecule has 2 N–H and O–H groups in total. The largest absolute Gasteiger partial charge is 0.487 e. The molecule has 2 fully saturated rings. The second kappa shape index (κ2) is 10.7. The molecular weight excluding hydrogens is 486 g/mol. The third kappa shape index (κ3) is 5.74. The number of fused-ring (bicyclic) bond motifs is 1. The minimum Gasteiger partial charge on any atom is -0.487 e. The summed E-state index contributed by atoms with van der Waals surface area (Å²) in [4.78, 5) is 27.7. The van der Waals surface area contributed by atoms with Crippen LogP contribution in [0.1, 0.15) is 20.3 Å². The van der Waals surface area contributed by atoms with E-state index in [9.17, 15) is 26.8 Å². The van der Waals surface area contributed by atoms with Crippen molar-refractivity contribution in [2.24, 2.45) is 0 Å². The van der Waals surface area contributed by atoms with Crippen LogP contribution in [-0.4, -0.2) is 99.3 Å². The number of likely N-dealkylation sites (N-methyl/N-ethyl adjacent to an activating group) is 1. The van der Waals surface area contributed by atoms with Gasteiger partial charge >= 0.3 is 0 Å². The third-order valence-corrected chi connectivity index (χ3v) is 7.92. The Kier molecular flexibility index (Phi) is 8.35. The summed E-state index contributed by atoms with van der Waals surface area (Å²) in [7, 11) is -0.609. The monoisotopic (exact) mass is 518 g/mol. The highest BCUT2D eigenvalue weighted by Crippen LogP contribution is 2.36. The van der Waals surface area contributed by atoms with Crippen LogP contribution < -0.4 is 15.4 Å². The van der Waals surface area contributed by atoms with Gasteiger partial charge in [0.15, 0.2) is 11.6 Å². The van der Waals surface area contributed by atoms with E-state index in [-0.39, 0.29) is 18.8 Å². The first-order valence-electron chi connectivity index (χ1n) is 11.3. The fourth-order valence-corrected chi connectivity index (χ4v) is 5.70. The number of hydrogen-bond donors (Lipinski definition) is 2. The lowest BCUT2D eigenvalue weighted by Gasteiger charge is -2.34. The third-order valence-electron chi connectivity index (χ3n) is 6.65. The summed E-state index contributed by atoms with van der Waals surface area (Å²) < 4.78 is 64.6. The number of benzene rings is 1. The average molecular weight is 519 g/mol. The van der Waals surface area contributed by atoms with Gasteiger partial charge in [-0.3, -0.25) is 9.59 Å². The van der Waals surface area contributed by atoms with Crippen LogP contribution in [0.2, 0.25) is 0 Å². The number of halogens is 2. The number of carbonyl (C=O) groups excluding carboxylic acids is 2. The standard InChI is InChI=1S/C22H32F2N4O6S/c1-12(25-3)21(29)26-19(13(2)33-4)22(30)27-9-8-17-20(27)18(11-28(17)35(5,31)32)34-14-6-7-15(23)16(24)10-14/h6-7,10,12-13,17-20,25H,8-9,11H2,1-5H3,(H,26,29)/t12-,13?,17+,18-,19-,20-/m0/s1. The van der Waals surface area contributed by atoms with Crippen molar-refractivity contribution in [3.05, 3.63) is 29.8 Å². The molecule has 3 rings (SSSR count). The molecule has 6 atom stereocenters. The van der Waals surface area contributed by atoms with Crippen molar-refractivity contribution in [2.75, 3.05) is 33.5 Å². The van der Waals surface area contributed by atoms with Crippen LogP contribution in [0.4, 0.5) is 8.78 Å². The van der Waals surface area contributed by atoms with Gasteiger partial charge in [-0.2, -0.15) is 4.31 Å². The zero-order valence-corrected chi connectivity index (χ0v) is 21.1. The van der Waals surface area contributed by atoms with Crippen molar-refractivity contribution in [3.8, 4) is 5.75 Å². The molecule has 0 aromatic heterocycles. The molecule has 0 bridgehead atoms.